The second-order valence-corrected chi connectivity index (χ2v) is 6.19. The van der Waals surface area contributed by atoms with Gasteiger partial charge in [0, 0.05) is 24.2 Å². The molecule has 0 heterocycles. The number of hydrogen-bond donors (Lipinski definition) is 1. The molecule has 0 saturated carbocycles. The van der Waals surface area contributed by atoms with Crippen LogP contribution in [0.15, 0.2) is 48.5 Å². The number of nitrogens with zero attached hydrogens (tertiary/aromatic N) is 1. The Bertz CT molecular complexity index is 730. The van der Waals surface area contributed by atoms with Crippen LogP contribution < -0.4 is 15.0 Å². The molecule has 138 valence electrons. The first kappa shape index (κ1) is 19.8. The normalized spacial score (nSPS) is 10.3. The molecule has 0 fully saturated rings. The summed E-state index contributed by atoms with van der Waals surface area (Å²) in [7, 11) is 0. The predicted octanol–water partition coefficient (Wildman–Crippen LogP) is 3.45. The lowest BCUT2D eigenvalue weighted by Gasteiger charge is -2.21. The third kappa shape index (κ3) is 6.08. The highest BCUT2D eigenvalue weighted by atomic mass is 35.5. The van der Waals surface area contributed by atoms with Crippen molar-refractivity contribution in [3.63, 3.8) is 0 Å². The van der Waals surface area contributed by atoms with E-state index in [1.807, 2.05) is 31.2 Å². The Labute approximate surface area is 158 Å². The second kappa shape index (κ2) is 9.82. The maximum atomic E-state index is 12.2. The van der Waals surface area contributed by atoms with Gasteiger partial charge in [0.25, 0.3) is 0 Å². The zero-order valence-electron chi connectivity index (χ0n) is 15.0. The summed E-state index contributed by atoms with van der Waals surface area (Å²) in [5.74, 6) is 0.331. The van der Waals surface area contributed by atoms with Crippen LogP contribution in [0.25, 0.3) is 0 Å². The number of ether oxygens (including phenoxy) is 1. The van der Waals surface area contributed by atoms with E-state index in [1.165, 1.54) is 11.8 Å². The highest BCUT2D eigenvalue weighted by Crippen LogP contribution is 2.19. The summed E-state index contributed by atoms with van der Waals surface area (Å²) < 4.78 is 5.39. The maximum absolute atomic E-state index is 12.2. The van der Waals surface area contributed by atoms with Gasteiger partial charge < -0.3 is 15.0 Å². The predicted molar refractivity (Wildman–Crippen MR) is 104 cm³/mol. The number of hydrogen-bond acceptors (Lipinski definition) is 3. The van der Waals surface area contributed by atoms with Gasteiger partial charge in [-0.3, -0.25) is 9.59 Å². The molecule has 1 N–H and O–H groups in total. The van der Waals surface area contributed by atoms with E-state index < -0.39 is 0 Å². The molecule has 26 heavy (non-hydrogen) atoms. The molecule has 2 amide bonds. The van der Waals surface area contributed by atoms with Gasteiger partial charge in [0.15, 0.2) is 0 Å². The maximum Gasteiger partial charge on any atom is 0.240 e. The zero-order chi connectivity index (χ0) is 18.9. The largest absolute Gasteiger partial charge is 0.494 e. The molecule has 2 aromatic rings. The first-order valence-corrected chi connectivity index (χ1v) is 8.89. The lowest BCUT2D eigenvalue weighted by Crippen LogP contribution is -2.40. The van der Waals surface area contributed by atoms with E-state index in [-0.39, 0.29) is 18.4 Å². The average Bonchev–Trinajstić information content (AvgIpc) is 2.62. The van der Waals surface area contributed by atoms with Gasteiger partial charge in [-0.25, -0.2) is 0 Å². The standard InChI is InChI=1S/C20H23ClN2O3/c1-3-26-19-10-8-18(9-11-19)23(15(2)24)14-20(25)22-13-12-16-4-6-17(21)7-5-16/h4-11H,3,12-14H2,1-2H3,(H,22,25). The third-order valence-electron chi connectivity index (χ3n) is 3.79. The molecule has 5 nitrogen and oxygen atoms in total. The molecule has 2 aromatic carbocycles. The van der Waals surface area contributed by atoms with Crippen LogP contribution in [0.2, 0.25) is 5.02 Å². The molecular formula is C20H23ClN2O3. The van der Waals surface area contributed by atoms with Crippen molar-refractivity contribution < 1.29 is 14.3 Å². The van der Waals surface area contributed by atoms with Crippen LogP contribution in [0.1, 0.15) is 19.4 Å². The van der Waals surface area contributed by atoms with Gasteiger partial charge in [0.2, 0.25) is 11.8 Å². The van der Waals surface area contributed by atoms with Crippen LogP contribution in [0.4, 0.5) is 5.69 Å². The van der Waals surface area contributed by atoms with Gasteiger partial charge in [-0.1, -0.05) is 23.7 Å². The number of halogens is 1. The summed E-state index contributed by atoms with van der Waals surface area (Å²) in [5.41, 5.74) is 1.75. The van der Waals surface area contributed by atoms with Gasteiger partial charge in [-0.2, -0.15) is 0 Å². The first-order valence-electron chi connectivity index (χ1n) is 8.51. The average molecular weight is 375 g/mol. The van der Waals surface area contributed by atoms with E-state index in [9.17, 15) is 9.59 Å². The second-order valence-electron chi connectivity index (χ2n) is 5.76. The van der Waals surface area contributed by atoms with Crippen LogP contribution >= 0.6 is 11.6 Å². The smallest absolute Gasteiger partial charge is 0.240 e. The lowest BCUT2D eigenvalue weighted by molar-refractivity contribution is -0.123. The Morgan fingerprint density at radius 3 is 2.31 bits per heavy atom. The van der Waals surface area contributed by atoms with E-state index in [2.05, 4.69) is 5.32 Å². The summed E-state index contributed by atoms with van der Waals surface area (Å²) in [6, 6.07) is 14.6. The van der Waals surface area contributed by atoms with Crippen molar-refractivity contribution in [3.05, 3.63) is 59.1 Å². The molecular weight excluding hydrogens is 352 g/mol. The number of rotatable bonds is 8. The molecule has 0 unspecified atom stereocenters. The van der Waals surface area contributed by atoms with Gasteiger partial charge >= 0.3 is 0 Å². The van der Waals surface area contributed by atoms with E-state index in [1.54, 1.807) is 24.3 Å². The van der Waals surface area contributed by atoms with Gasteiger partial charge in [0.1, 0.15) is 12.3 Å². The van der Waals surface area contributed by atoms with Crippen LogP contribution in [0.5, 0.6) is 5.75 Å². The topological polar surface area (TPSA) is 58.6 Å². The molecule has 6 heteroatoms. The number of nitrogens with one attached hydrogen (secondary N) is 1. The fourth-order valence-corrected chi connectivity index (χ4v) is 2.60. The van der Waals surface area contributed by atoms with Crippen LogP contribution in [0, 0.1) is 0 Å². The Balaban J connectivity index is 1.88. The van der Waals surface area contributed by atoms with Gasteiger partial charge in [-0.15, -0.1) is 0 Å². The van der Waals surface area contributed by atoms with Gasteiger partial charge in [0.05, 0.1) is 6.61 Å². The Kier molecular flexibility index (Phi) is 7.48. The lowest BCUT2D eigenvalue weighted by atomic mass is 10.1. The number of anilines is 1. The van der Waals surface area contributed by atoms with Crippen LogP contribution in [0.3, 0.4) is 0 Å². The molecule has 0 radical (unpaired) electrons. The molecule has 0 aromatic heterocycles. The third-order valence-corrected chi connectivity index (χ3v) is 4.04. The summed E-state index contributed by atoms with van der Waals surface area (Å²) in [4.78, 5) is 25.6. The SMILES string of the molecule is CCOc1ccc(N(CC(=O)NCCc2ccc(Cl)cc2)C(C)=O)cc1. The van der Waals surface area contributed by atoms with E-state index in [0.717, 1.165) is 11.3 Å². The summed E-state index contributed by atoms with van der Waals surface area (Å²) in [6.45, 7) is 4.40. The molecule has 0 aliphatic heterocycles. The highest BCUT2D eigenvalue weighted by Gasteiger charge is 2.15. The van der Waals surface area contributed by atoms with E-state index in [0.29, 0.717) is 30.3 Å². The Morgan fingerprint density at radius 1 is 1.08 bits per heavy atom. The van der Waals surface area contributed by atoms with Crippen molar-refractivity contribution >= 4 is 29.1 Å². The van der Waals surface area contributed by atoms with Crippen LogP contribution in [-0.2, 0) is 16.0 Å². The molecule has 0 atom stereocenters. The fraction of sp³-hybridized carbons (Fsp3) is 0.300. The highest BCUT2D eigenvalue weighted by molar-refractivity contribution is 6.30. The van der Waals surface area contributed by atoms with E-state index in [4.69, 9.17) is 16.3 Å². The Morgan fingerprint density at radius 2 is 1.73 bits per heavy atom. The zero-order valence-corrected chi connectivity index (χ0v) is 15.8. The van der Waals surface area contributed by atoms with Crippen molar-refractivity contribution in [1.82, 2.24) is 5.32 Å². The number of carbonyl (C=O) groups excluding carboxylic acids is 2. The summed E-state index contributed by atoms with van der Waals surface area (Å²) >= 11 is 5.85. The molecule has 0 spiro atoms. The van der Waals surface area contributed by atoms with Gasteiger partial charge in [-0.05, 0) is 55.3 Å². The van der Waals surface area contributed by atoms with Crippen molar-refractivity contribution in [2.75, 3.05) is 24.6 Å². The van der Waals surface area contributed by atoms with Crippen molar-refractivity contribution in [2.45, 2.75) is 20.3 Å². The molecule has 2 rings (SSSR count). The molecule has 0 bridgehead atoms. The fourth-order valence-electron chi connectivity index (χ4n) is 2.47. The Hall–Kier alpha value is -2.53. The first-order chi connectivity index (χ1) is 12.5. The van der Waals surface area contributed by atoms with Crippen LogP contribution in [-0.4, -0.2) is 31.5 Å². The minimum absolute atomic E-state index is 0.0239. The summed E-state index contributed by atoms with van der Waals surface area (Å²) in [5, 5.41) is 3.53. The minimum Gasteiger partial charge on any atom is -0.494 e. The van der Waals surface area contributed by atoms with E-state index >= 15 is 0 Å². The molecule has 0 aliphatic rings. The summed E-state index contributed by atoms with van der Waals surface area (Å²) in [6.07, 6.45) is 0.700. The number of carbonyl (C=O) groups is 2. The number of amides is 2. The van der Waals surface area contributed by atoms with Crippen molar-refractivity contribution in [1.29, 1.82) is 0 Å². The number of benzene rings is 2. The van der Waals surface area contributed by atoms with Crippen molar-refractivity contribution in [3.8, 4) is 5.75 Å². The molecule has 0 aliphatic carbocycles. The monoisotopic (exact) mass is 374 g/mol. The minimum atomic E-state index is -0.206. The molecule has 0 saturated heterocycles. The quantitative estimate of drug-likeness (QED) is 0.769. The van der Waals surface area contributed by atoms with Crippen molar-refractivity contribution in [2.24, 2.45) is 0 Å².